The van der Waals surface area contributed by atoms with Crippen LogP contribution in [0.5, 0.6) is 0 Å². The molecule has 4 N–H and O–H groups in total. The van der Waals surface area contributed by atoms with Crippen molar-refractivity contribution in [3.05, 3.63) is 35.5 Å². The fraction of sp³-hybridized carbons (Fsp3) is 0.848. The summed E-state index contributed by atoms with van der Waals surface area (Å²) >= 11 is 1.97. The van der Waals surface area contributed by atoms with Crippen molar-refractivity contribution in [2.24, 2.45) is 56.7 Å². The topological polar surface area (TPSA) is 89.8 Å². The molecule has 7 rings (SSSR count). The summed E-state index contributed by atoms with van der Waals surface area (Å²) in [7, 11) is 0. The minimum atomic E-state index is -1.03. The average Bonchev–Trinajstić information content (AvgIpc) is 3.49. The first-order valence-corrected chi connectivity index (χ1v) is 22.6. The van der Waals surface area contributed by atoms with Crippen LogP contribution in [0.2, 0.25) is 0 Å². The van der Waals surface area contributed by atoms with Gasteiger partial charge in [0.05, 0.1) is 17.6 Å². The van der Waals surface area contributed by atoms with Gasteiger partial charge in [-0.25, -0.2) is 0 Å². The van der Waals surface area contributed by atoms with Gasteiger partial charge in [0.15, 0.2) is 0 Å². The molecule has 5 nitrogen and oxygen atoms in total. The zero-order valence-electron chi connectivity index (χ0n) is 33.9. The molecule has 5 fully saturated rings. The third kappa shape index (κ3) is 5.82. The van der Waals surface area contributed by atoms with E-state index in [2.05, 4.69) is 71.8 Å². The summed E-state index contributed by atoms with van der Waals surface area (Å²) in [6, 6.07) is 0. The van der Waals surface area contributed by atoms with Gasteiger partial charge in [0, 0.05) is 10.8 Å². The van der Waals surface area contributed by atoms with Crippen molar-refractivity contribution in [1.82, 2.24) is 5.32 Å². The van der Waals surface area contributed by atoms with E-state index in [0.29, 0.717) is 47.7 Å². The molecule has 0 bridgehead atoms. The second kappa shape index (κ2) is 13.5. The molecule has 0 aromatic carbocycles. The summed E-state index contributed by atoms with van der Waals surface area (Å²) in [5.74, 6) is 2.31. The van der Waals surface area contributed by atoms with Gasteiger partial charge in [0.25, 0.3) is 0 Å². The standard InChI is InChI=1S/C46H73NO4S/c1-30(2)33-15-24-46(47-28-27-45(51)22-13-32(52-8)14-23-45)26-25-42(6)35(38(33)46)9-10-37-41(5)18-16-34(40(3,4)36(41)17-19-43(37,42)7)31-11-20-44(29-48,21-12-31)39(49)50/h11,16,32-33,35-38,47-48,51H,1,9-10,12-15,17-29H2,2-8H3,(H,49,50)/t32?,33-,35+,36-,37+,38+,41-,42+,43+,44+,45?,46-/m0/s1. The summed E-state index contributed by atoms with van der Waals surface area (Å²) in [4.78, 5) is 12.1. The van der Waals surface area contributed by atoms with Crippen molar-refractivity contribution in [1.29, 1.82) is 0 Å². The molecule has 6 heteroatoms. The predicted molar refractivity (Wildman–Crippen MR) is 215 cm³/mol. The van der Waals surface area contributed by atoms with E-state index in [0.717, 1.165) is 51.5 Å². The van der Waals surface area contributed by atoms with Crippen molar-refractivity contribution in [3.8, 4) is 0 Å². The molecule has 7 aliphatic rings. The molecule has 10 atom stereocenters. The average molecular weight is 736 g/mol. The van der Waals surface area contributed by atoms with Gasteiger partial charge in [0.2, 0.25) is 0 Å². The summed E-state index contributed by atoms with van der Waals surface area (Å²) in [6.07, 6.45) is 25.1. The molecule has 0 amide bonds. The molecule has 5 saturated carbocycles. The highest BCUT2D eigenvalue weighted by molar-refractivity contribution is 7.99. The second-order valence-electron chi connectivity index (χ2n) is 20.9. The maximum atomic E-state index is 12.1. The molecule has 0 saturated heterocycles. The van der Waals surface area contributed by atoms with Gasteiger partial charge in [-0.2, -0.15) is 11.8 Å². The summed E-state index contributed by atoms with van der Waals surface area (Å²) in [6.45, 7) is 20.7. The van der Waals surface area contributed by atoms with Crippen LogP contribution in [0.25, 0.3) is 0 Å². The second-order valence-corrected chi connectivity index (χ2v) is 22.0. The lowest BCUT2D eigenvalue weighted by atomic mass is 9.33. The Labute approximate surface area is 320 Å². The monoisotopic (exact) mass is 736 g/mol. The van der Waals surface area contributed by atoms with E-state index in [1.165, 1.54) is 68.1 Å². The predicted octanol–water partition coefficient (Wildman–Crippen LogP) is 10.1. The number of allylic oxidation sites excluding steroid dienone is 5. The molecule has 0 unspecified atom stereocenters. The molecule has 7 aliphatic carbocycles. The fourth-order valence-corrected chi connectivity index (χ4v) is 16.0. The highest BCUT2D eigenvalue weighted by Gasteiger charge is 2.70. The number of fused-ring (bicyclic) bond motifs is 7. The number of thioether (sulfide) groups is 1. The van der Waals surface area contributed by atoms with Crippen LogP contribution in [0.1, 0.15) is 151 Å². The number of aliphatic carboxylic acids is 1. The number of nitrogens with one attached hydrogen (secondary N) is 1. The third-order valence-corrected chi connectivity index (χ3v) is 19.8. The van der Waals surface area contributed by atoms with Crippen LogP contribution >= 0.6 is 11.8 Å². The molecule has 0 aliphatic heterocycles. The van der Waals surface area contributed by atoms with Gasteiger partial charge < -0.3 is 20.6 Å². The Morgan fingerprint density at radius 3 is 2.23 bits per heavy atom. The number of carbonyl (C=O) groups is 1. The van der Waals surface area contributed by atoms with Crippen LogP contribution in [0.15, 0.2) is 35.5 Å². The van der Waals surface area contributed by atoms with Gasteiger partial charge in [-0.3, -0.25) is 4.79 Å². The minimum Gasteiger partial charge on any atom is -0.481 e. The normalized spacial score (nSPS) is 48.3. The van der Waals surface area contributed by atoms with Crippen molar-refractivity contribution >= 4 is 17.7 Å². The van der Waals surface area contributed by atoms with E-state index >= 15 is 0 Å². The lowest BCUT2D eigenvalue weighted by Crippen LogP contribution is -2.68. The van der Waals surface area contributed by atoms with Crippen LogP contribution in [0.4, 0.5) is 0 Å². The van der Waals surface area contributed by atoms with Crippen LogP contribution in [0, 0.1) is 56.7 Å². The quantitative estimate of drug-likeness (QED) is 0.176. The van der Waals surface area contributed by atoms with Crippen molar-refractivity contribution in [3.63, 3.8) is 0 Å². The Morgan fingerprint density at radius 1 is 0.885 bits per heavy atom. The first kappa shape index (κ1) is 39.2. The smallest absolute Gasteiger partial charge is 0.312 e. The number of hydrogen-bond donors (Lipinski definition) is 4. The number of hydrogen-bond acceptors (Lipinski definition) is 5. The fourth-order valence-electron chi connectivity index (χ4n) is 15.3. The van der Waals surface area contributed by atoms with Crippen molar-refractivity contribution in [2.45, 2.75) is 167 Å². The van der Waals surface area contributed by atoms with E-state index in [-0.39, 0.29) is 33.8 Å². The summed E-state index contributed by atoms with van der Waals surface area (Å²) in [5.41, 5.74) is 3.66. The van der Waals surface area contributed by atoms with Crippen LogP contribution in [-0.4, -0.2) is 57.1 Å². The molecule has 0 aromatic heterocycles. The van der Waals surface area contributed by atoms with E-state index in [9.17, 15) is 20.1 Å². The van der Waals surface area contributed by atoms with Gasteiger partial charge in [-0.1, -0.05) is 58.9 Å². The van der Waals surface area contributed by atoms with E-state index in [1.54, 1.807) is 0 Å². The highest BCUT2D eigenvalue weighted by Crippen LogP contribution is 2.76. The van der Waals surface area contributed by atoms with Gasteiger partial charge >= 0.3 is 5.97 Å². The van der Waals surface area contributed by atoms with Crippen molar-refractivity contribution in [2.75, 3.05) is 19.4 Å². The molecular formula is C46H73NO4S. The highest BCUT2D eigenvalue weighted by atomic mass is 32.2. The number of aliphatic hydroxyl groups is 2. The molecule has 52 heavy (non-hydrogen) atoms. The van der Waals surface area contributed by atoms with E-state index in [1.807, 2.05) is 11.8 Å². The molecule has 0 aromatic rings. The molecule has 0 heterocycles. The van der Waals surface area contributed by atoms with Crippen LogP contribution in [0.3, 0.4) is 0 Å². The first-order chi connectivity index (χ1) is 24.4. The van der Waals surface area contributed by atoms with Crippen molar-refractivity contribution < 1.29 is 20.1 Å². The summed E-state index contributed by atoms with van der Waals surface area (Å²) < 4.78 is 0. The lowest BCUT2D eigenvalue weighted by molar-refractivity contribution is -0.221. The molecule has 0 radical (unpaired) electrons. The van der Waals surface area contributed by atoms with E-state index in [4.69, 9.17) is 0 Å². The minimum absolute atomic E-state index is 0.0290. The number of aliphatic hydroxyl groups excluding tert-OH is 1. The zero-order chi connectivity index (χ0) is 37.5. The van der Waals surface area contributed by atoms with Gasteiger partial charge in [-0.05, 0) is 191 Å². The van der Waals surface area contributed by atoms with E-state index < -0.39 is 17.0 Å². The largest absolute Gasteiger partial charge is 0.481 e. The molecule has 292 valence electrons. The van der Waals surface area contributed by atoms with Gasteiger partial charge in [0.1, 0.15) is 0 Å². The zero-order valence-corrected chi connectivity index (χ0v) is 34.7. The Morgan fingerprint density at radius 2 is 1.62 bits per heavy atom. The SMILES string of the molecule is C=C(C)[C@@H]1CC[C@]2(NCCC3(O)CCC(SC)CC3)CC[C@]3(C)[C@H](CC[C@@H]4[C@@]5(C)CC=C(C6=CC[C@@](CO)(C(=O)O)CC6)C(C)(C)[C@@H]5CC[C@]43C)[C@@H]12. The Hall–Kier alpha value is -1.08. The third-order valence-electron chi connectivity index (χ3n) is 18.6. The number of carboxylic acid groups (broad SMARTS) is 1. The molecule has 0 spiro atoms. The van der Waals surface area contributed by atoms with Crippen LogP contribution < -0.4 is 5.32 Å². The van der Waals surface area contributed by atoms with Gasteiger partial charge in [-0.15, -0.1) is 0 Å². The maximum absolute atomic E-state index is 12.1. The maximum Gasteiger partial charge on any atom is 0.312 e. The Kier molecular flexibility index (Phi) is 10.2. The number of carboxylic acids is 1. The Bertz CT molecular complexity index is 1480. The summed E-state index contributed by atoms with van der Waals surface area (Å²) in [5, 5.41) is 36.5. The Balaban J connectivity index is 1.13. The van der Waals surface area contributed by atoms with Crippen LogP contribution in [-0.2, 0) is 4.79 Å². The lowest BCUT2D eigenvalue weighted by Gasteiger charge is -2.72. The molecular weight excluding hydrogens is 663 g/mol. The first-order valence-electron chi connectivity index (χ1n) is 21.3. The number of rotatable bonds is 9.